The molecule has 0 radical (unpaired) electrons. The summed E-state index contributed by atoms with van der Waals surface area (Å²) in [5.41, 5.74) is 7.63. The third-order valence-electron chi connectivity index (χ3n) is 5.71. The highest BCUT2D eigenvalue weighted by atomic mass is 32.2. The van der Waals surface area contributed by atoms with Crippen LogP contribution in [0.4, 0.5) is 0 Å². The Morgan fingerprint density at radius 3 is 2.71 bits per heavy atom. The molecule has 1 aromatic carbocycles. The molecule has 4 unspecified atom stereocenters. The average molecular weight is 304 g/mol. The Kier molecular flexibility index (Phi) is 4.96. The summed E-state index contributed by atoms with van der Waals surface area (Å²) in [7, 11) is 0. The minimum Gasteiger partial charge on any atom is -0.330 e. The maximum atomic E-state index is 6.07. The standard InChI is InChI=1S/C19H29NS/c1-13(2)14-7-8-16(12-20)17(9-14)11-18-10-15-5-3-4-6-19(15)21-18/h3-6,13-14,16-18H,7-12,20H2,1-2H3. The zero-order chi connectivity index (χ0) is 14.8. The van der Waals surface area contributed by atoms with Crippen LogP contribution < -0.4 is 5.73 Å². The molecular formula is C19H29NS. The summed E-state index contributed by atoms with van der Waals surface area (Å²) < 4.78 is 0. The molecule has 0 amide bonds. The molecule has 2 heteroatoms. The van der Waals surface area contributed by atoms with E-state index in [2.05, 4.69) is 49.9 Å². The Bertz CT molecular complexity index is 445. The summed E-state index contributed by atoms with van der Waals surface area (Å²) in [5.74, 6) is 3.37. The second-order valence-electron chi connectivity index (χ2n) is 7.36. The zero-order valence-electron chi connectivity index (χ0n) is 13.4. The molecule has 1 nitrogen and oxygen atoms in total. The van der Waals surface area contributed by atoms with Crippen molar-refractivity contribution in [3.8, 4) is 0 Å². The largest absolute Gasteiger partial charge is 0.330 e. The van der Waals surface area contributed by atoms with Crippen molar-refractivity contribution < 1.29 is 0 Å². The van der Waals surface area contributed by atoms with Crippen molar-refractivity contribution in [3.05, 3.63) is 29.8 Å². The third-order valence-corrected chi connectivity index (χ3v) is 7.05. The predicted molar refractivity (Wildman–Crippen MR) is 92.6 cm³/mol. The van der Waals surface area contributed by atoms with E-state index in [-0.39, 0.29) is 0 Å². The van der Waals surface area contributed by atoms with Crippen molar-refractivity contribution >= 4 is 11.8 Å². The Morgan fingerprint density at radius 1 is 1.19 bits per heavy atom. The molecule has 21 heavy (non-hydrogen) atoms. The molecule has 3 rings (SSSR count). The topological polar surface area (TPSA) is 26.0 Å². The normalized spacial score (nSPS) is 32.4. The van der Waals surface area contributed by atoms with E-state index >= 15 is 0 Å². The Balaban J connectivity index is 1.63. The van der Waals surface area contributed by atoms with Gasteiger partial charge in [0.05, 0.1) is 0 Å². The summed E-state index contributed by atoms with van der Waals surface area (Å²) in [6.07, 6.45) is 6.79. The molecule has 1 aliphatic heterocycles. The van der Waals surface area contributed by atoms with Gasteiger partial charge in [-0.2, -0.15) is 0 Å². The van der Waals surface area contributed by atoms with Gasteiger partial charge in [-0.25, -0.2) is 0 Å². The highest BCUT2D eigenvalue weighted by Gasteiger charge is 2.34. The number of hydrogen-bond donors (Lipinski definition) is 1. The van der Waals surface area contributed by atoms with Crippen LogP contribution in [0.1, 0.15) is 45.1 Å². The summed E-state index contributed by atoms with van der Waals surface area (Å²) >= 11 is 2.11. The molecule has 2 aliphatic rings. The van der Waals surface area contributed by atoms with Gasteiger partial charge < -0.3 is 5.73 Å². The van der Waals surface area contributed by atoms with E-state index < -0.39 is 0 Å². The lowest BCUT2D eigenvalue weighted by molar-refractivity contribution is 0.144. The van der Waals surface area contributed by atoms with Crippen LogP contribution in [0, 0.1) is 23.7 Å². The monoisotopic (exact) mass is 303 g/mol. The molecule has 1 heterocycles. The highest BCUT2D eigenvalue weighted by Crippen LogP contribution is 2.45. The van der Waals surface area contributed by atoms with Crippen molar-refractivity contribution in [2.75, 3.05) is 6.54 Å². The SMILES string of the molecule is CC(C)C1CCC(CN)C(CC2Cc3ccccc3S2)C1. The van der Waals surface area contributed by atoms with E-state index in [0.29, 0.717) is 0 Å². The molecule has 1 aromatic rings. The maximum Gasteiger partial charge on any atom is 0.0138 e. The average Bonchev–Trinajstić information content (AvgIpc) is 2.89. The molecule has 1 fully saturated rings. The van der Waals surface area contributed by atoms with Crippen LogP contribution in [0.3, 0.4) is 0 Å². The summed E-state index contributed by atoms with van der Waals surface area (Å²) in [5, 5.41) is 0.785. The van der Waals surface area contributed by atoms with E-state index in [1.165, 1.54) is 37.0 Å². The fourth-order valence-electron chi connectivity index (χ4n) is 4.29. The van der Waals surface area contributed by atoms with Crippen LogP contribution in [0.15, 0.2) is 29.2 Å². The molecule has 0 saturated heterocycles. The Labute approximate surface area is 134 Å². The predicted octanol–water partition coefficient (Wildman–Crippen LogP) is 4.74. The fraction of sp³-hybridized carbons (Fsp3) is 0.684. The number of fused-ring (bicyclic) bond motifs is 1. The first-order chi connectivity index (χ1) is 10.2. The van der Waals surface area contributed by atoms with Crippen molar-refractivity contribution in [2.24, 2.45) is 29.4 Å². The molecular weight excluding hydrogens is 274 g/mol. The van der Waals surface area contributed by atoms with Crippen molar-refractivity contribution in [1.29, 1.82) is 0 Å². The van der Waals surface area contributed by atoms with Gasteiger partial charge in [0.15, 0.2) is 0 Å². The van der Waals surface area contributed by atoms with E-state index in [1.54, 1.807) is 5.56 Å². The van der Waals surface area contributed by atoms with Gasteiger partial charge in [0.2, 0.25) is 0 Å². The van der Waals surface area contributed by atoms with Gasteiger partial charge in [-0.1, -0.05) is 32.0 Å². The first kappa shape index (κ1) is 15.4. The molecule has 1 aliphatic carbocycles. The van der Waals surface area contributed by atoms with Crippen LogP contribution in [0.5, 0.6) is 0 Å². The molecule has 4 atom stereocenters. The van der Waals surface area contributed by atoms with Crippen molar-refractivity contribution in [3.63, 3.8) is 0 Å². The van der Waals surface area contributed by atoms with E-state index in [0.717, 1.165) is 35.5 Å². The summed E-state index contributed by atoms with van der Waals surface area (Å²) in [4.78, 5) is 1.52. The lowest BCUT2D eigenvalue weighted by Crippen LogP contribution is -2.33. The Hall–Kier alpha value is -0.470. The smallest absolute Gasteiger partial charge is 0.0138 e. The van der Waals surface area contributed by atoms with Gasteiger partial charge in [-0.05, 0) is 74.0 Å². The minimum absolute atomic E-state index is 0.768. The van der Waals surface area contributed by atoms with Gasteiger partial charge in [0, 0.05) is 10.1 Å². The summed E-state index contributed by atoms with van der Waals surface area (Å²) in [6.45, 7) is 5.68. The van der Waals surface area contributed by atoms with Gasteiger partial charge >= 0.3 is 0 Å². The molecule has 0 bridgehead atoms. The lowest BCUT2D eigenvalue weighted by Gasteiger charge is -2.38. The molecule has 0 aromatic heterocycles. The van der Waals surface area contributed by atoms with Gasteiger partial charge in [-0.15, -0.1) is 11.8 Å². The van der Waals surface area contributed by atoms with Crippen molar-refractivity contribution in [1.82, 2.24) is 0 Å². The van der Waals surface area contributed by atoms with Crippen LogP contribution in [0.25, 0.3) is 0 Å². The number of nitrogens with two attached hydrogens (primary N) is 1. The van der Waals surface area contributed by atoms with E-state index in [9.17, 15) is 0 Å². The highest BCUT2D eigenvalue weighted by molar-refractivity contribution is 8.00. The van der Waals surface area contributed by atoms with Crippen LogP contribution in [-0.2, 0) is 6.42 Å². The Morgan fingerprint density at radius 2 is 2.00 bits per heavy atom. The quantitative estimate of drug-likeness (QED) is 0.869. The van der Waals surface area contributed by atoms with Gasteiger partial charge in [-0.3, -0.25) is 0 Å². The summed E-state index contributed by atoms with van der Waals surface area (Å²) in [6, 6.07) is 8.95. The maximum absolute atomic E-state index is 6.07. The number of hydrogen-bond acceptors (Lipinski definition) is 2. The second-order valence-corrected chi connectivity index (χ2v) is 8.70. The van der Waals surface area contributed by atoms with Crippen molar-refractivity contribution in [2.45, 2.75) is 56.1 Å². The molecule has 116 valence electrons. The lowest BCUT2D eigenvalue weighted by atomic mass is 9.69. The molecule has 1 saturated carbocycles. The van der Waals surface area contributed by atoms with Crippen LogP contribution >= 0.6 is 11.8 Å². The third kappa shape index (κ3) is 3.48. The van der Waals surface area contributed by atoms with E-state index in [4.69, 9.17) is 5.73 Å². The number of benzene rings is 1. The first-order valence-corrected chi connectivity index (χ1v) is 9.50. The van der Waals surface area contributed by atoms with Crippen LogP contribution in [-0.4, -0.2) is 11.8 Å². The van der Waals surface area contributed by atoms with Crippen LogP contribution in [0.2, 0.25) is 0 Å². The molecule has 0 spiro atoms. The fourth-order valence-corrected chi connectivity index (χ4v) is 5.72. The van der Waals surface area contributed by atoms with E-state index in [1.807, 2.05) is 0 Å². The zero-order valence-corrected chi connectivity index (χ0v) is 14.2. The number of thioether (sulfide) groups is 1. The number of rotatable bonds is 4. The minimum atomic E-state index is 0.768. The second kappa shape index (κ2) is 6.75. The van der Waals surface area contributed by atoms with Gasteiger partial charge in [0.25, 0.3) is 0 Å². The molecule has 2 N–H and O–H groups in total. The van der Waals surface area contributed by atoms with Gasteiger partial charge in [0.1, 0.15) is 0 Å². The first-order valence-electron chi connectivity index (χ1n) is 8.62.